The lowest BCUT2D eigenvalue weighted by Crippen LogP contribution is -2.58. The maximum atomic E-state index is 11.8. The number of carbonyl (C=O) groups excluding carboxylic acids is 1. The molecule has 0 radical (unpaired) electrons. The summed E-state index contributed by atoms with van der Waals surface area (Å²) < 4.78 is 5.10. The molecule has 0 heterocycles. The molecule has 19 heavy (non-hydrogen) atoms. The van der Waals surface area contributed by atoms with Crippen LogP contribution in [0.1, 0.15) is 58.8 Å². The highest BCUT2D eigenvalue weighted by molar-refractivity contribution is 5.92. The predicted molar refractivity (Wildman–Crippen MR) is 73.2 cm³/mol. The number of amidine groups is 1. The van der Waals surface area contributed by atoms with Gasteiger partial charge in [0.1, 0.15) is 5.54 Å². The van der Waals surface area contributed by atoms with Crippen LogP contribution >= 0.6 is 0 Å². The Balaban J connectivity index is 2.81. The van der Waals surface area contributed by atoms with Crippen LogP contribution in [0.3, 0.4) is 0 Å². The molecule has 4 N–H and O–H groups in total. The van der Waals surface area contributed by atoms with Crippen molar-refractivity contribution < 1.29 is 14.7 Å². The molecule has 1 fully saturated rings. The zero-order chi connectivity index (χ0) is 14.3. The molecule has 6 nitrogen and oxygen atoms in total. The number of alkyl carbamates (subject to hydrolysis) is 1. The molecule has 1 rings (SSSR count). The average molecular weight is 271 g/mol. The Hall–Kier alpha value is -1.46. The predicted octanol–water partition coefficient (Wildman–Crippen LogP) is 2.35. The first kappa shape index (κ1) is 15.6. The van der Waals surface area contributed by atoms with Crippen LogP contribution in [0.15, 0.2) is 5.16 Å². The van der Waals surface area contributed by atoms with E-state index in [9.17, 15) is 4.79 Å². The number of nitrogens with two attached hydrogens (primary N) is 1. The Kier molecular flexibility index (Phi) is 5.92. The molecule has 6 heteroatoms. The molecule has 1 saturated carbocycles. The van der Waals surface area contributed by atoms with Crippen molar-refractivity contribution in [1.29, 1.82) is 0 Å². The van der Waals surface area contributed by atoms with Gasteiger partial charge in [0.2, 0.25) is 0 Å². The Morgan fingerprint density at radius 2 is 1.79 bits per heavy atom. The van der Waals surface area contributed by atoms with E-state index in [1.807, 2.05) is 0 Å². The lowest BCUT2D eigenvalue weighted by Gasteiger charge is -2.34. The quantitative estimate of drug-likeness (QED) is 0.317. The average Bonchev–Trinajstić information content (AvgIpc) is 2.30. The minimum absolute atomic E-state index is 0.0649. The lowest BCUT2D eigenvalue weighted by molar-refractivity contribution is 0.106. The van der Waals surface area contributed by atoms with Gasteiger partial charge in [0.15, 0.2) is 5.84 Å². The van der Waals surface area contributed by atoms with Crippen LogP contribution in [0.25, 0.3) is 0 Å². The summed E-state index contributed by atoms with van der Waals surface area (Å²) in [6.45, 7) is 3.57. The normalized spacial score (nSPS) is 20.5. The Bertz CT molecular complexity index is 321. The summed E-state index contributed by atoms with van der Waals surface area (Å²) in [6.07, 6.45) is 5.92. The van der Waals surface area contributed by atoms with Gasteiger partial charge in [-0.15, -0.1) is 0 Å². The van der Waals surface area contributed by atoms with Gasteiger partial charge in [-0.3, -0.25) is 0 Å². The van der Waals surface area contributed by atoms with Crippen LogP contribution in [0.5, 0.6) is 0 Å². The van der Waals surface area contributed by atoms with Gasteiger partial charge in [-0.1, -0.05) is 37.3 Å². The second kappa shape index (κ2) is 7.21. The molecule has 1 aliphatic carbocycles. The smallest absolute Gasteiger partial charge is 0.408 e. The van der Waals surface area contributed by atoms with Gasteiger partial charge in [-0.2, -0.15) is 0 Å². The SMILES string of the molecule is CC(C)OC(=O)NC1(C(N)=NO)CCCCCCC1. The number of ether oxygens (including phenoxy) is 1. The third-order valence-electron chi connectivity index (χ3n) is 3.49. The van der Waals surface area contributed by atoms with Crippen molar-refractivity contribution >= 4 is 11.9 Å². The zero-order valence-corrected chi connectivity index (χ0v) is 11.8. The van der Waals surface area contributed by atoms with Gasteiger partial charge in [0, 0.05) is 0 Å². The van der Waals surface area contributed by atoms with E-state index in [0.717, 1.165) is 25.7 Å². The zero-order valence-electron chi connectivity index (χ0n) is 11.8. The molecule has 0 atom stereocenters. The Labute approximate surface area is 114 Å². The van der Waals surface area contributed by atoms with Crippen molar-refractivity contribution in [2.24, 2.45) is 10.9 Å². The molecule has 0 spiro atoms. The molecular formula is C13H25N3O3. The number of hydrogen-bond donors (Lipinski definition) is 3. The van der Waals surface area contributed by atoms with Crippen molar-refractivity contribution in [2.75, 3.05) is 0 Å². The molecule has 0 bridgehead atoms. The lowest BCUT2D eigenvalue weighted by atomic mass is 9.83. The van der Waals surface area contributed by atoms with Gasteiger partial charge in [0.25, 0.3) is 0 Å². The van der Waals surface area contributed by atoms with Gasteiger partial charge in [-0.05, 0) is 26.7 Å². The number of rotatable bonds is 3. The van der Waals surface area contributed by atoms with E-state index in [-0.39, 0.29) is 11.9 Å². The van der Waals surface area contributed by atoms with E-state index in [1.165, 1.54) is 6.42 Å². The number of hydrogen-bond acceptors (Lipinski definition) is 4. The third-order valence-corrected chi connectivity index (χ3v) is 3.49. The van der Waals surface area contributed by atoms with E-state index in [2.05, 4.69) is 10.5 Å². The Morgan fingerprint density at radius 3 is 2.26 bits per heavy atom. The molecule has 0 unspecified atom stereocenters. The first-order chi connectivity index (χ1) is 9.00. The standard InChI is InChI=1S/C13H25N3O3/c1-10(2)19-12(17)15-13(11(14)16-18)8-6-4-3-5-7-9-13/h10,18H,3-9H2,1-2H3,(H2,14,16)(H,15,17). The highest BCUT2D eigenvalue weighted by Gasteiger charge is 2.37. The van der Waals surface area contributed by atoms with Crippen LogP contribution in [0.2, 0.25) is 0 Å². The number of amides is 1. The largest absolute Gasteiger partial charge is 0.447 e. The first-order valence-corrected chi connectivity index (χ1v) is 6.97. The van der Waals surface area contributed by atoms with Crippen molar-refractivity contribution in [3.8, 4) is 0 Å². The maximum absolute atomic E-state index is 11.8. The van der Waals surface area contributed by atoms with Gasteiger partial charge < -0.3 is 21.0 Å². The van der Waals surface area contributed by atoms with Crippen LogP contribution < -0.4 is 11.1 Å². The van der Waals surface area contributed by atoms with Crippen LogP contribution in [-0.4, -0.2) is 28.8 Å². The van der Waals surface area contributed by atoms with E-state index in [0.29, 0.717) is 12.8 Å². The monoisotopic (exact) mass is 271 g/mol. The fourth-order valence-corrected chi connectivity index (χ4v) is 2.49. The second-order valence-corrected chi connectivity index (χ2v) is 5.41. The molecule has 1 amide bonds. The summed E-state index contributed by atoms with van der Waals surface area (Å²) in [5.41, 5.74) is 5.04. The first-order valence-electron chi connectivity index (χ1n) is 6.97. The number of nitrogens with zero attached hydrogens (tertiary/aromatic N) is 1. The van der Waals surface area contributed by atoms with E-state index >= 15 is 0 Å². The van der Waals surface area contributed by atoms with Crippen molar-refractivity contribution in [2.45, 2.75) is 70.4 Å². The summed E-state index contributed by atoms with van der Waals surface area (Å²) in [5.74, 6) is 0.0649. The summed E-state index contributed by atoms with van der Waals surface area (Å²) in [7, 11) is 0. The highest BCUT2D eigenvalue weighted by atomic mass is 16.6. The van der Waals surface area contributed by atoms with Crippen molar-refractivity contribution in [3.05, 3.63) is 0 Å². The van der Waals surface area contributed by atoms with Gasteiger partial charge in [-0.25, -0.2) is 4.79 Å². The fourth-order valence-electron chi connectivity index (χ4n) is 2.49. The number of carbonyl (C=O) groups is 1. The maximum Gasteiger partial charge on any atom is 0.408 e. The van der Waals surface area contributed by atoms with Crippen LogP contribution in [0.4, 0.5) is 4.79 Å². The molecule has 0 aromatic carbocycles. The van der Waals surface area contributed by atoms with E-state index in [1.54, 1.807) is 13.8 Å². The molecule has 110 valence electrons. The molecule has 0 saturated heterocycles. The third kappa shape index (κ3) is 4.61. The number of oxime groups is 1. The van der Waals surface area contributed by atoms with Crippen molar-refractivity contribution in [3.63, 3.8) is 0 Å². The molecule has 1 aliphatic rings. The fraction of sp³-hybridized carbons (Fsp3) is 0.846. The highest BCUT2D eigenvalue weighted by Crippen LogP contribution is 2.27. The molecule has 0 aliphatic heterocycles. The number of nitrogens with one attached hydrogen (secondary N) is 1. The topological polar surface area (TPSA) is 96.9 Å². The van der Waals surface area contributed by atoms with Crippen LogP contribution in [-0.2, 0) is 4.74 Å². The van der Waals surface area contributed by atoms with Crippen LogP contribution in [0, 0.1) is 0 Å². The van der Waals surface area contributed by atoms with Gasteiger partial charge in [0.05, 0.1) is 6.10 Å². The van der Waals surface area contributed by atoms with Gasteiger partial charge >= 0.3 is 6.09 Å². The minimum atomic E-state index is -0.777. The second-order valence-electron chi connectivity index (χ2n) is 5.41. The van der Waals surface area contributed by atoms with E-state index < -0.39 is 11.6 Å². The minimum Gasteiger partial charge on any atom is -0.447 e. The summed E-state index contributed by atoms with van der Waals surface area (Å²) in [5, 5.41) is 14.9. The molecular weight excluding hydrogens is 246 g/mol. The summed E-state index contributed by atoms with van der Waals surface area (Å²) in [6, 6.07) is 0. The Morgan fingerprint density at radius 1 is 1.26 bits per heavy atom. The van der Waals surface area contributed by atoms with Crippen molar-refractivity contribution in [1.82, 2.24) is 5.32 Å². The van der Waals surface area contributed by atoms with E-state index in [4.69, 9.17) is 15.7 Å². The molecule has 0 aromatic rings. The summed E-state index contributed by atoms with van der Waals surface area (Å²) >= 11 is 0. The summed E-state index contributed by atoms with van der Waals surface area (Å²) in [4.78, 5) is 11.8. The molecule has 0 aromatic heterocycles.